The Kier molecular flexibility index (Phi) is 5.80. The van der Waals surface area contributed by atoms with Crippen LogP contribution in [-0.4, -0.2) is 27.3 Å². The molecule has 25 heavy (non-hydrogen) atoms. The number of carbonyl (C=O) groups is 2. The largest absolute Gasteiger partial charge is 0.275 e. The number of aromatic nitrogens is 1. The van der Waals surface area contributed by atoms with E-state index in [1.165, 1.54) is 24.4 Å². The maximum absolute atomic E-state index is 14.0. The molecule has 0 saturated carbocycles. The van der Waals surface area contributed by atoms with Crippen molar-refractivity contribution in [2.75, 3.05) is 0 Å². The molecule has 0 bridgehead atoms. The third-order valence-electron chi connectivity index (χ3n) is 3.25. The normalized spacial score (nSPS) is 11.1. The number of hydrazine groups is 1. The van der Waals surface area contributed by atoms with Gasteiger partial charge in [-0.05, 0) is 51.1 Å². The Bertz CT molecular complexity index is 824. The second-order valence-electron chi connectivity index (χ2n) is 6.22. The summed E-state index contributed by atoms with van der Waals surface area (Å²) >= 11 is 9.10. The summed E-state index contributed by atoms with van der Waals surface area (Å²) in [5, 5.41) is 1.13. The first-order valence-electron chi connectivity index (χ1n) is 7.32. The van der Waals surface area contributed by atoms with E-state index in [4.69, 9.17) is 11.6 Å². The molecule has 8 heteroatoms. The van der Waals surface area contributed by atoms with Crippen LogP contribution in [-0.2, 0) is 0 Å². The predicted octanol–water partition coefficient (Wildman–Crippen LogP) is 4.22. The van der Waals surface area contributed by atoms with Gasteiger partial charge in [0, 0.05) is 10.7 Å². The van der Waals surface area contributed by atoms with E-state index in [9.17, 15) is 14.0 Å². The molecule has 0 spiro atoms. The van der Waals surface area contributed by atoms with Gasteiger partial charge in [-0.25, -0.2) is 14.4 Å². The minimum atomic E-state index is -0.780. The number of pyridine rings is 1. The van der Waals surface area contributed by atoms with E-state index in [2.05, 4.69) is 26.3 Å². The molecule has 5 nitrogen and oxygen atoms in total. The first-order chi connectivity index (χ1) is 11.6. The molecule has 1 aromatic heterocycles. The molecule has 0 aliphatic carbocycles. The molecule has 0 aliphatic heterocycles. The third-order valence-corrected chi connectivity index (χ3v) is 4.05. The quantitative estimate of drug-likeness (QED) is 0.575. The number of halogens is 3. The zero-order chi connectivity index (χ0) is 18.8. The predicted molar refractivity (Wildman–Crippen MR) is 96.7 cm³/mol. The molecule has 1 aromatic carbocycles. The lowest BCUT2D eigenvalue weighted by molar-refractivity contribution is 0.0357. The molecule has 1 N–H and O–H groups in total. The van der Waals surface area contributed by atoms with Gasteiger partial charge >= 0.3 is 0 Å². The Morgan fingerprint density at radius 2 is 1.92 bits per heavy atom. The highest BCUT2D eigenvalue weighted by Crippen LogP contribution is 2.21. The van der Waals surface area contributed by atoms with Crippen molar-refractivity contribution in [2.24, 2.45) is 0 Å². The molecule has 0 aliphatic rings. The van der Waals surface area contributed by atoms with Crippen molar-refractivity contribution in [3.8, 4) is 0 Å². The summed E-state index contributed by atoms with van der Waals surface area (Å²) in [6, 6.07) is 7.12. The minimum absolute atomic E-state index is 0.0193. The number of nitrogens with zero attached hydrogens (tertiary/aromatic N) is 2. The Morgan fingerprint density at radius 1 is 1.24 bits per heavy atom. The van der Waals surface area contributed by atoms with E-state index < -0.39 is 23.2 Å². The van der Waals surface area contributed by atoms with Gasteiger partial charge in [-0.1, -0.05) is 27.5 Å². The molecule has 0 unspecified atom stereocenters. The molecular formula is C17H16BrClFN3O2. The van der Waals surface area contributed by atoms with E-state index in [0.29, 0.717) is 4.47 Å². The molecule has 2 rings (SSSR count). The first-order valence-corrected chi connectivity index (χ1v) is 8.49. The zero-order valence-electron chi connectivity index (χ0n) is 13.8. The van der Waals surface area contributed by atoms with Gasteiger partial charge in [-0.15, -0.1) is 0 Å². The van der Waals surface area contributed by atoms with Crippen LogP contribution in [0.3, 0.4) is 0 Å². The Hall–Kier alpha value is -1.99. The van der Waals surface area contributed by atoms with Gasteiger partial charge < -0.3 is 0 Å². The van der Waals surface area contributed by atoms with Crippen molar-refractivity contribution in [3.63, 3.8) is 0 Å². The van der Waals surface area contributed by atoms with Crippen molar-refractivity contribution in [1.29, 1.82) is 0 Å². The van der Waals surface area contributed by atoms with Crippen molar-refractivity contribution in [1.82, 2.24) is 15.4 Å². The maximum atomic E-state index is 14.0. The number of benzene rings is 1. The smallest absolute Gasteiger partial charge is 0.267 e. The van der Waals surface area contributed by atoms with E-state index in [-0.39, 0.29) is 16.3 Å². The topological polar surface area (TPSA) is 62.3 Å². The molecule has 1 heterocycles. The summed E-state index contributed by atoms with van der Waals surface area (Å²) in [6.45, 7) is 5.19. The summed E-state index contributed by atoms with van der Waals surface area (Å²) in [4.78, 5) is 29.1. The van der Waals surface area contributed by atoms with Gasteiger partial charge in [0.1, 0.15) is 11.0 Å². The van der Waals surface area contributed by atoms with Gasteiger partial charge in [0.05, 0.1) is 16.7 Å². The van der Waals surface area contributed by atoms with E-state index in [0.717, 1.165) is 5.01 Å². The number of carbonyl (C=O) groups excluding carboxylic acids is 2. The monoisotopic (exact) mass is 427 g/mol. The van der Waals surface area contributed by atoms with Crippen LogP contribution in [0.15, 0.2) is 41.0 Å². The SMILES string of the molecule is CC(C)(C)N(NC(=O)c1ccc(Br)cc1F)C(=O)c1cccnc1Cl. The van der Waals surface area contributed by atoms with Gasteiger partial charge in [-0.3, -0.25) is 15.0 Å². The summed E-state index contributed by atoms with van der Waals surface area (Å²) in [7, 11) is 0. The Balaban J connectivity index is 2.34. The average Bonchev–Trinajstić information content (AvgIpc) is 2.51. The molecule has 0 saturated heterocycles. The number of hydrogen-bond acceptors (Lipinski definition) is 3. The number of nitrogens with one attached hydrogen (secondary N) is 1. The average molecular weight is 429 g/mol. The van der Waals surface area contributed by atoms with Crippen LogP contribution in [0.4, 0.5) is 4.39 Å². The molecule has 132 valence electrons. The highest BCUT2D eigenvalue weighted by atomic mass is 79.9. The molecule has 2 aromatic rings. The maximum Gasteiger partial charge on any atom is 0.275 e. The van der Waals surface area contributed by atoms with Gasteiger partial charge in [0.15, 0.2) is 0 Å². The fraction of sp³-hybridized carbons (Fsp3) is 0.235. The summed E-state index contributed by atoms with van der Waals surface area (Å²) in [5.41, 5.74) is 1.64. The van der Waals surface area contributed by atoms with Crippen molar-refractivity contribution < 1.29 is 14.0 Å². The van der Waals surface area contributed by atoms with Crippen LogP contribution in [0, 0.1) is 5.82 Å². The Labute approximate surface area is 158 Å². The summed E-state index contributed by atoms with van der Waals surface area (Å²) in [6.07, 6.45) is 1.45. The molecular weight excluding hydrogens is 413 g/mol. The van der Waals surface area contributed by atoms with Gasteiger partial charge in [-0.2, -0.15) is 0 Å². The van der Waals surface area contributed by atoms with Crippen LogP contribution < -0.4 is 5.43 Å². The lowest BCUT2D eigenvalue weighted by atomic mass is 10.1. The second kappa shape index (κ2) is 7.49. The summed E-state index contributed by atoms with van der Waals surface area (Å²) < 4.78 is 14.5. The standard InChI is InChI=1S/C17H16BrClFN3O2/c1-17(2,3)23(16(25)12-5-4-8-21-14(12)19)22-15(24)11-7-6-10(18)9-13(11)20/h4-9H,1-3H3,(H,22,24). The Morgan fingerprint density at radius 3 is 2.48 bits per heavy atom. The van der Waals surface area contributed by atoms with Crippen LogP contribution in [0.5, 0.6) is 0 Å². The van der Waals surface area contributed by atoms with Crippen LogP contribution in [0.2, 0.25) is 5.15 Å². The number of hydrogen-bond donors (Lipinski definition) is 1. The second-order valence-corrected chi connectivity index (χ2v) is 7.49. The number of amides is 2. The van der Waals surface area contributed by atoms with Gasteiger partial charge in [0.25, 0.3) is 11.8 Å². The van der Waals surface area contributed by atoms with Crippen molar-refractivity contribution in [2.45, 2.75) is 26.3 Å². The summed E-state index contributed by atoms with van der Waals surface area (Å²) in [5.74, 6) is -1.99. The lowest BCUT2D eigenvalue weighted by Gasteiger charge is -2.35. The highest BCUT2D eigenvalue weighted by Gasteiger charge is 2.31. The zero-order valence-corrected chi connectivity index (χ0v) is 16.2. The van der Waals surface area contributed by atoms with Crippen LogP contribution in [0.25, 0.3) is 0 Å². The highest BCUT2D eigenvalue weighted by molar-refractivity contribution is 9.10. The van der Waals surface area contributed by atoms with E-state index in [1.807, 2.05) is 0 Å². The first kappa shape index (κ1) is 19.3. The molecule has 0 atom stereocenters. The van der Waals surface area contributed by atoms with Crippen LogP contribution in [0.1, 0.15) is 41.5 Å². The van der Waals surface area contributed by atoms with E-state index >= 15 is 0 Å². The fourth-order valence-electron chi connectivity index (χ4n) is 2.02. The third kappa shape index (κ3) is 4.55. The van der Waals surface area contributed by atoms with Gasteiger partial charge in [0.2, 0.25) is 0 Å². The van der Waals surface area contributed by atoms with E-state index in [1.54, 1.807) is 32.9 Å². The fourth-order valence-corrected chi connectivity index (χ4v) is 2.56. The van der Waals surface area contributed by atoms with Crippen LogP contribution >= 0.6 is 27.5 Å². The molecule has 0 fully saturated rings. The number of rotatable bonds is 2. The van der Waals surface area contributed by atoms with Crippen molar-refractivity contribution >= 4 is 39.3 Å². The minimum Gasteiger partial charge on any atom is -0.267 e. The molecule has 0 radical (unpaired) electrons. The lowest BCUT2D eigenvalue weighted by Crippen LogP contribution is -2.56. The molecule has 2 amide bonds. The van der Waals surface area contributed by atoms with Crippen molar-refractivity contribution in [3.05, 3.63) is 63.1 Å².